The van der Waals surface area contributed by atoms with Crippen LogP contribution >= 0.6 is 0 Å². The molecule has 0 aromatic heterocycles. The SMILES string of the molecule is CCCCC(C)C1CC(=O)NCC(=O)N[C@@H](C(C)C)C(=O)N[C@H](CC(C)C)C(=O)N[C@@H](C)C(=O)N[C@@H](C(C)C)C(=O)O1. The van der Waals surface area contributed by atoms with E-state index in [0.717, 1.165) is 12.8 Å². The van der Waals surface area contributed by atoms with Gasteiger partial charge in [-0.1, -0.05) is 68.2 Å². The molecule has 1 fully saturated rings. The second-order valence-electron chi connectivity index (χ2n) is 12.5. The summed E-state index contributed by atoms with van der Waals surface area (Å²) in [5.41, 5.74) is 0. The van der Waals surface area contributed by atoms with Crippen molar-refractivity contribution in [3.05, 3.63) is 0 Å². The lowest BCUT2D eigenvalue weighted by molar-refractivity contribution is -0.158. The maximum Gasteiger partial charge on any atom is 0.329 e. The van der Waals surface area contributed by atoms with Crippen LogP contribution in [0.15, 0.2) is 0 Å². The van der Waals surface area contributed by atoms with Crippen LogP contribution in [0.2, 0.25) is 0 Å². The number of nitrogens with one attached hydrogen (secondary N) is 5. The standard InChI is InChI=1S/C30H53N5O7/c1-10-11-12-19(8)22-14-23(36)31-15-24(37)34-25(17(4)5)29(40)33-21(13-16(2)3)28(39)32-20(9)27(38)35-26(18(6)7)30(41)42-22/h16-22,25-26H,10-15H2,1-9H3,(H,31,36)(H,32,39)(H,33,40)(H,34,37)(H,35,38)/t19?,20-,21+,22?,25-,26-/m0/s1. The summed E-state index contributed by atoms with van der Waals surface area (Å²) in [5.74, 6) is -4.23. The second-order valence-corrected chi connectivity index (χ2v) is 12.5. The van der Waals surface area contributed by atoms with Crippen molar-refractivity contribution in [1.82, 2.24) is 26.6 Å². The van der Waals surface area contributed by atoms with E-state index in [1.54, 1.807) is 27.7 Å². The van der Waals surface area contributed by atoms with Crippen LogP contribution in [-0.2, 0) is 33.5 Å². The zero-order valence-electron chi connectivity index (χ0n) is 26.8. The Morgan fingerprint density at radius 3 is 1.93 bits per heavy atom. The molecular weight excluding hydrogens is 542 g/mol. The molecule has 0 bridgehead atoms. The Labute approximate surface area is 250 Å². The topological polar surface area (TPSA) is 172 Å². The summed E-state index contributed by atoms with van der Waals surface area (Å²) in [4.78, 5) is 78.4. The zero-order chi connectivity index (χ0) is 32.1. The molecular formula is C30H53N5O7. The van der Waals surface area contributed by atoms with Crippen molar-refractivity contribution >= 4 is 35.5 Å². The average Bonchev–Trinajstić information content (AvgIpc) is 2.89. The van der Waals surface area contributed by atoms with Gasteiger partial charge >= 0.3 is 5.97 Å². The minimum atomic E-state index is -1.02. The molecule has 1 aliphatic rings. The van der Waals surface area contributed by atoms with E-state index >= 15 is 0 Å². The number of esters is 1. The van der Waals surface area contributed by atoms with E-state index in [1.807, 2.05) is 27.7 Å². The van der Waals surface area contributed by atoms with Gasteiger partial charge in [0.1, 0.15) is 30.3 Å². The van der Waals surface area contributed by atoms with Crippen molar-refractivity contribution in [2.45, 2.75) is 125 Å². The maximum absolute atomic E-state index is 13.3. The van der Waals surface area contributed by atoms with Gasteiger partial charge < -0.3 is 31.3 Å². The Kier molecular flexibility index (Phi) is 15.5. The predicted molar refractivity (Wildman–Crippen MR) is 159 cm³/mol. The Morgan fingerprint density at radius 2 is 1.38 bits per heavy atom. The highest BCUT2D eigenvalue weighted by Crippen LogP contribution is 2.20. The van der Waals surface area contributed by atoms with Gasteiger partial charge in [-0.05, 0) is 43.4 Å². The third kappa shape index (κ3) is 12.4. The summed E-state index contributed by atoms with van der Waals surface area (Å²) < 4.78 is 5.82. The van der Waals surface area contributed by atoms with Crippen LogP contribution in [0.4, 0.5) is 0 Å². The first kappa shape index (κ1) is 36.8. The first-order valence-electron chi connectivity index (χ1n) is 15.2. The first-order valence-corrected chi connectivity index (χ1v) is 15.2. The number of hydrogen-bond donors (Lipinski definition) is 5. The molecule has 42 heavy (non-hydrogen) atoms. The molecule has 240 valence electrons. The summed E-state index contributed by atoms with van der Waals surface area (Å²) in [5, 5.41) is 13.3. The van der Waals surface area contributed by atoms with Gasteiger partial charge in [0, 0.05) is 0 Å². The number of hydrogen-bond acceptors (Lipinski definition) is 7. The molecule has 0 aliphatic carbocycles. The molecule has 0 saturated carbocycles. The molecule has 1 heterocycles. The van der Waals surface area contributed by atoms with Crippen LogP contribution < -0.4 is 26.6 Å². The third-order valence-electron chi connectivity index (χ3n) is 7.32. The van der Waals surface area contributed by atoms with Crippen molar-refractivity contribution < 1.29 is 33.5 Å². The second kappa shape index (κ2) is 17.7. The van der Waals surface area contributed by atoms with E-state index in [2.05, 4.69) is 26.6 Å². The highest BCUT2D eigenvalue weighted by Gasteiger charge is 2.34. The van der Waals surface area contributed by atoms with Gasteiger partial charge in [-0.3, -0.25) is 24.0 Å². The number of rotatable bonds is 8. The summed E-state index contributed by atoms with van der Waals surface area (Å²) in [6.45, 7) is 15.8. The van der Waals surface area contributed by atoms with Crippen molar-refractivity contribution in [2.24, 2.45) is 23.7 Å². The fourth-order valence-electron chi connectivity index (χ4n) is 4.61. The highest BCUT2D eigenvalue weighted by atomic mass is 16.5. The molecule has 5 N–H and O–H groups in total. The molecule has 1 rings (SSSR count). The first-order chi connectivity index (χ1) is 19.6. The summed E-state index contributed by atoms with van der Waals surface area (Å²) >= 11 is 0. The normalized spacial score (nSPS) is 26.7. The Bertz CT molecular complexity index is 952. The summed E-state index contributed by atoms with van der Waals surface area (Å²) in [7, 11) is 0. The Morgan fingerprint density at radius 1 is 0.762 bits per heavy atom. The smallest absolute Gasteiger partial charge is 0.329 e. The van der Waals surface area contributed by atoms with E-state index in [0.29, 0.717) is 12.8 Å². The number of amides is 5. The number of carbonyl (C=O) groups is 6. The van der Waals surface area contributed by atoms with Crippen LogP contribution in [-0.4, -0.2) is 72.3 Å². The van der Waals surface area contributed by atoms with Gasteiger partial charge in [0.25, 0.3) is 0 Å². The zero-order valence-corrected chi connectivity index (χ0v) is 26.8. The van der Waals surface area contributed by atoms with Gasteiger partial charge in [0.05, 0.1) is 13.0 Å². The fraction of sp³-hybridized carbons (Fsp3) is 0.800. The minimum Gasteiger partial charge on any atom is -0.460 e. The van der Waals surface area contributed by atoms with Gasteiger partial charge in [-0.25, -0.2) is 4.79 Å². The molecule has 1 saturated heterocycles. The van der Waals surface area contributed by atoms with Crippen LogP contribution in [0.5, 0.6) is 0 Å². The maximum atomic E-state index is 13.3. The van der Waals surface area contributed by atoms with Gasteiger partial charge in [0.2, 0.25) is 29.5 Å². The van der Waals surface area contributed by atoms with Crippen LogP contribution in [0.3, 0.4) is 0 Å². The summed E-state index contributed by atoms with van der Waals surface area (Å²) in [6, 6.07) is -3.98. The Balaban J connectivity index is 3.41. The number of cyclic esters (lactones) is 1. The molecule has 0 aromatic carbocycles. The molecule has 12 heteroatoms. The third-order valence-corrected chi connectivity index (χ3v) is 7.32. The number of ether oxygens (including phenoxy) is 1. The molecule has 0 radical (unpaired) electrons. The molecule has 0 aromatic rings. The van der Waals surface area contributed by atoms with Gasteiger partial charge in [-0.2, -0.15) is 0 Å². The van der Waals surface area contributed by atoms with Gasteiger partial charge in [0.15, 0.2) is 0 Å². The van der Waals surface area contributed by atoms with Crippen molar-refractivity contribution in [2.75, 3.05) is 6.54 Å². The lowest BCUT2D eigenvalue weighted by atomic mass is 9.95. The highest BCUT2D eigenvalue weighted by molar-refractivity contribution is 5.95. The summed E-state index contributed by atoms with van der Waals surface area (Å²) in [6.07, 6.45) is 1.85. The quantitative estimate of drug-likeness (QED) is 0.265. The molecule has 5 amide bonds. The van der Waals surface area contributed by atoms with Crippen molar-refractivity contribution in [1.29, 1.82) is 0 Å². The molecule has 1 aliphatic heterocycles. The van der Waals surface area contributed by atoms with Crippen LogP contribution in [0.1, 0.15) is 94.4 Å². The van der Waals surface area contributed by atoms with E-state index in [1.165, 1.54) is 6.92 Å². The minimum absolute atomic E-state index is 0.0295. The monoisotopic (exact) mass is 595 g/mol. The average molecular weight is 596 g/mol. The van der Waals surface area contributed by atoms with E-state index in [-0.39, 0.29) is 36.6 Å². The van der Waals surface area contributed by atoms with E-state index in [9.17, 15) is 28.8 Å². The van der Waals surface area contributed by atoms with Crippen LogP contribution in [0.25, 0.3) is 0 Å². The molecule has 0 spiro atoms. The fourth-order valence-corrected chi connectivity index (χ4v) is 4.61. The van der Waals surface area contributed by atoms with Crippen molar-refractivity contribution in [3.63, 3.8) is 0 Å². The lowest BCUT2D eigenvalue weighted by Gasteiger charge is -2.29. The largest absolute Gasteiger partial charge is 0.460 e. The van der Waals surface area contributed by atoms with E-state index in [4.69, 9.17) is 4.74 Å². The number of carbonyl (C=O) groups excluding carboxylic acids is 6. The van der Waals surface area contributed by atoms with Crippen LogP contribution in [0, 0.1) is 23.7 Å². The molecule has 6 atom stereocenters. The number of unbranched alkanes of at least 4 members (excludes halogenated alkanes) is 1. The van der Waals surface area contributed by atoms with Crippen molar-refractivity contribution in [3.8, 4) is 0 Å². The van der Waals surface area contributed by atoms with E-state index < -0.39 is 65.8 Å². The lowest BCUT2D eigenvalue weighted by Crippen LogP contribution is -2.58. The molecule has 2 unspecified atom stereocenters. The van der Waals surface area contributed by atoms with Gasteiger partial charge in [-0.15, -0.1) is 0 Å². The Hall–Kier alpha value is -3.18. The predicted octanol–water partition coefficient (Wildman–Crippen LogP) is 1.56. The molecule has 12 nitrogen and oxygen atoms in total.